The van der Waals surface area contributed by atoms with Gasteiger partial charge in [0.15, 0.2) is 0 Å². The number of rotatable bonds is 12. The number of carbonyl (C=O) groups excluding carboxylic acids is 1. The highest BCUT2D eigenvalue weighted by molar-refractivity contribution is 7.09. The molecule has 0 atom stereocenters. The molecule has 2 aromatic rings. The lowest BCUT2D eigenvalue weighted by Crippen LogP contribution is -2.38. The number of nitrogens with zero attached hydrogens (tertiary/aromatic N) is 3. The first kappa shape index (κ1) is 23.7. The molecule has 1 fully saturated rings. The van der Waals surface area contributed by atoms with Gasteiger partial charge in [0, 0.05) is 44.0 Å². The normalized spacial score (nSPS) is 14.7. The van der Waals surface area contributed by atoms with Crippen LogP contribution in [0.15, 0.2) is 24.3 Å². The molecule has 1 aromatic carbocycles. The zero-order chi connectivity index (χ0) is 21.9. The van der Waals surface area contributed by atoms with Gasteiger partial charge in [0.2, 0.25) is 11.0 Å². The Labute approximate surface area is 191 Å². The molecule has 1 saturated heterocycles. The first-order valence-corrected chi connectivity index (χ1v) is 12.8. The van der Waals surface area contributed by atoms with Crippen LogP contribution in [0, 0.1) is 12.8 Å². The van der Waals surface area contributed by atoms with E-state index in [9.17, 15) is 4.79 Å². The van der Waals surface area contributed by atoms with Crippen LogP contribution in [0.25, 0.3) is 0 Å². The number of hydrogen-bond acceptors (Lipinski definition) is 5. The highest BCUT2D eigenvalue weighted by Gasteiger charge is 2.22. The number of benzene rings is 1. The Bertz CT molecular complexity index is 781. The molecule has 0 bridgehead atoms. The van der Waals surface area contributed by atoms with E-state index in [1.807, 2.05) is 0 Å². The molecule has 170 valence electrons. The van der Waals surface area contributed by atoms with E-state index in [0.717, 1.165) is 56.3 Å². The first-order valence-electron chi connectivity index (χ1n) is 12.0. The van der Waals surface area contributed by atoms with Gasteiger partial charge in [-0.3, -0.25) is 4.79 Å². The maximum absolute atomic E-state index is 12.1. The molecule has 0 unspecified atom stereocenters. The number of aryl methyl sites for hydroxylation is 1. The van der Waals surface area contributed by atoms with Crippen LogP contribution in [-0.2, 0) is 11.2 Å². The Morgan fingerprint density at radius 1 is 1.10 bits per heavy atom. The zero-order valence-corrected chi connectivity index (χ0v) is 20.1. The van der Waals surface area contributed by atoms with E-state index < -0.39 is 0 Å². The highest BCUT2D eigenvalue weighted by atomic mass is 32.1. The van der Waals surface area contributed by atoms with Crippen LogP contribution in [0.1, 0.15) is 81.7 Å². The van der Waals surface area contributed by atoms with Gasteiger partial charge in [-0.25, -0.2) is 4.98 Å². The van der Waals surface area contributed by atoms with E-state index in [2.05, 4.69) is 52.7 Å². The molecule has 1 amide bonds. The van der Waals surface area contributed by atoms with Crippen molar-refractivity contribution in [1.82, 2.24) is 14.7 Å². The molecule has 0 spiro atoms. The summed E-state index contributed by atoms with van der Waals surface area (Å²) in [5.41, 5.74) is 2.53. The fourth-order valence-electron chi connectivity index (χ4n) is 4.07. The van der Waals surface area contributed by atoms with Crippen LogP contribution in [-0.4, -0.2) is 34.9 Å². The molecule has 0 aliphatic carbocycles. The molecule has 1 aliphatic heterocycles. The van der Waals surface area contributed by atoms with Gasteiger partial charge in [0.05, 0.1) is 0 Å². The topological polar surface area (TPSA) is 58.1 Å². The molecule has 0 radical (unpaired) electrons. The number of amides is 1. The van der Waals surface area contributed by atoms with Crippen LogP contribution in [0.2, 0.25) is 0 Å². The summed E-state index contributed by atoms with van der Waals surface area (Å²) in [6, 6.07) is 8.59. The maximum atomic E-state index is 12.1. The van der Waals surface area contributed by atoms with Crippen LogP contribution in [0.4, 0.5) is 5.13 Å². The highest BCUT2D eigenvalue weighted by Crippen LogP contribution is 2.25. The lowest BCUT2D eigenvalue weighted by atomic mass is 9.97. The summed E-state index contributed by atoms with van der Waals surface area (Å²) >= 11 is 1.51. The van der Waals surface area contributed by atoms with Crippen molar-refractivity contribution in [2.24, 2.45) is 5.92 Å². The quantitative estimate of drug-likeness (QED) is 0.440. The third kappa shape index (κ3) is 8.24. The Morgan fingerprint density at radius 3 is 2.55 bits per heavy atom. The second-order valence-corrected chi connectivity index (χ2v) is 9.64. The van der Waals surface area contributed by atoms with Crippen molar-refractivity contribution in [2.45, 2.75) is 78.1 Å². The van der Waals surface area contributed by atoms with Crippen LogP contribution in [0.5, 0.6) is 0 Å². The second kappa shape index (κ2) is 12.8. The van der Waals surface area contributed by atoms with Crippen molar-refractivity contribution >= 4 is 22.6 Å². The number of nitrogens with one attached hydrogen (secondary N) is 1. The predicted molar refractivity (Wildman–Crippen MR) is 130 cm³/mol. The van der Waals surface area contributed by atoms with E-state index in [0.29, 0.717) is 12.3 Å². The van der Waals surface area contributed by atoms with E-state index in [1.54, 1.807) is 0 Å². The monoisotopic (exact) mass is 442 g/mol. The fourth-order valence-corrected chi connectivity index (χ4v) is 4.81. The Kier molecular flexibility index (Phi) is 9.79. The molecule has 6 heteroatoms. The number of carbonyl (C=O) groups is 1. The van der Waals surface area contributed by atoms with Crippen LogP contribution < -0.4 is 10.2 Å². The van der Waals surface area contributed by atoms with E-state index >= 15 is 0 Å². The second-order valence-electron chi connectivity index (χ2n) is 8.91. The standard InChI is InChI=1S/C25H38N4OS/c1-3-4-5-6-7-8-9-24(30)26-19-22-14-16-29(17-15-22)25-27-23(28-31-25)18-21-12-10-20(2)11-13-21/h10-13,22H,3-9,14-19H2,1-2H3,(H,26,30). The SMILES string of the molecule is CCCCCCCCC(=O)NCC1CCN(c2nc(Cc3ccc(C)cc3)ns2)CC1. The number of aromatic nitrogens is 2. The van der Waals surface area contributed by atoms with Gasteiger partial charge in [-0.1, -0.05) is 68.9 Å². The van der Waals surface area contributed by atoms with Gasteiger partial charge in [-0.2, -0.15) is 4.37 Å². The van der Waals surface area contributed by atoms with Gasteiger partial charge in [0.1, 0.15) is 5.82 Å². The molecule has 2 heterocycles. The van der Waals surface area contributed by atoms with Crippen molar-refractivity contribution in [3.8, 4) is 0 Å². The summed E-state index contributed by atoms with van der Waals surface area (Å²) in [5.74, 6) is 1.71. The van der Waals surface area contributed by atoms with Crippen molar-refractivity contribution in [1.29, 1.82) is 0 Å². The lowest BCUT2D eigenvalue weighted by molar-refractivity contribution is -0.121. The Hall–Kier alpha value is -1.95. The predicted octanol–water partition coefficient (Wildman–Crippen LogP) is 5.52. The molecule has 5 nitrogen and oxygen atoms in total. The van der Waals surface area contributed by atoms with Crippen molar-refractivity contribution in [3.63, 3.8) is 0 Å². The van der Waals surface area contributed by atoms with Gasteiger partial charge in [-0.15, -0.1) is 0 Å². The van der Waals surface area contributed by atoms with Gasteiger partial charge in [0.25, 0.3) is 0 Å². The summed E-state index contributed by atoms with van der Waals surface area (Å²) in [6.45, 7) is 7.15. The molecular formula is C25H38N4OS. The summed E-state index contributed by atoms with van der Waals surface area (Å²) < 4.78 is 4.57. The van der Waals surface area contributed by atoms with Gasteiger partial charge >= 0.3 is 0 Å². The molecular weight excluding hydrogens is 404 g/mol. The average Bonchev–Trinajstić information content (AvgIpc) is 3.25. The number of unbranched alkanes of at least 4 members (excludes halogenated alkanes) is 5. The fraction of sp³-hybridized carbons (Fsp3) is 0.640. The summed E-state index contributed by atoms with van der Waals surface area (Å²) in [7, 11) is 0. The van der Waals surface area contributed by atoms with Gasteiger partial charge < -0.3 is 10.2 Å². The number of anilines is 1. The number of piperidine rings is 1. The molecule has 3 rings (SSSR count). The van der Waals surface area contributed by atoms with Crippen molar-refractivity contribution < 1.29 is 4.79 Å². The molecule has 0 saturated carbocycles. The summed E-state index contributed by atoms with van der Waals surface area (Å²) in [6.07, 6.45) is 11.0. The van der Waals surface area contributed by atoms with Gasteiger partial charge in [-0.05, 0) is 37.7 Å². The van der Waals surface area contributed by atoms with Crippen molar-refractivity contribution in [2.75, 3.05) is 24.5 Å². The molecule has 1 aliphatic rings. The molecule has 31 heavy (non-hydrogen) atoms. The van der Waals surface area contributed by atoms with E-state index in [4.69, 9.17) is 4.98 Å². The number of hydrogen-bond donors (Lipinski definition) is 1. The Morgan fingerprint density at radius 2 is 1.81 bits per heavy atom. The molecule has 1 aromatic heterocycles. The average molecular weight is 443 g/mol. The van der Waals surface area contributed by atoms with E-state index in [1.165, 1.54) is 54.8 Å². The van der Waals surface area contributed by atoms with E-state index in [-0.39, 0.29) is 5.91 Å². The smallest absolute Gasteiger partial charge is 0.220 e. The van der Waals surface area contributed by atoms with Crippen molar-refractivity contribution in [3.05, 3.63) is 41.2 Å². The zero-order valence-electron chi connectivity index (χ0n) is 19.2. The molecule has 1 N–H and O–H groups in total. The summed E-state index contributed by atoms with van der Waals surface area (Å²) in [4.78, 5) is 19.2. The minimum Gasteiger partial charge on any atom is -0.356 e. The minimum atomic E-state index is 0.225. The largest absolute Gasteiger partial charge is 0.356 e. The Balaban J connectivity index is 1.32. The minimum absolute atomic E-state index is 0.225. The third-order valence-electron chi connectivity index (χ3n) is 6.17. The summed E-state index contributed by atoms with van der Waals surface area (Å²) in [5, 5.41) is 4.20. The third-order valence-corrected chi connectivity index (χ3v) is 6.99. The van der Waals surface area contributed by atoms with Crippen LogP contribution >= 0.6 is 11.5 Å². The first-order chi connectivity index (χ1) is 15.1. The van der Waals surface area contributed by atoms with Crippen LogP contribution in [0.3, 0.4) is 0 Å². The maximum Gasteiger partial charge on any atom is 0.220 e. The lowest BCUT2D eigenvalue weighted by Gasteiger charge is -2.31.